The first kappa shape index (κ1) is 11.1. The molecule has 1 aliphatic rings. The van der Waals surface area contributed by atoms with E-state index in [2.05, 4.69) is 52.6 Å². The van der Waals surface area contributed by atoms with E-state index in [9.17, 15) is 0 Å². The van der Waals surface area contributed by atoms with Gasteiger partial charge in [-0.3, -0.25) is 0 Å². The molecule has 0 bridgehead atoms. The molecule has 0 saturated carbocycles. The minimum Gasteiger partial charge on any atom is -0.361 e. The molecule has 0 atom stereocenters. The summed E-state index contributed by atoms with van der Waals surface area (Å²) in [6, 6.07) is 8.44. The zero-order valence-corrected chi connectivity index (χ0v) is 10.2. The Morgan fingerprint density at radius 1 is 1.22 bits per heavy atom. The molecule has 2 N–H and O–H groups in total. The van der Waals surface area contributed by atoms with Gasteiger partial charge in [0, 0.05) is 29.2 Å². The molecule has 18 heavy (non-hydrogen) atoms. The van der Waals surface area contributed by atoms with Crippen LogP contribution in [0.3, 0.4) is 0 Å². The molecule has 0 saturated heterocycles. The van der Waals surface area contributed by atoms with E-state index in [0.717, 1.165) is 19.5 Å². The van der Waals surface area contributed by atoms with Crippen LogP contribution in [0.4, 0.5) is 0 Å². The molecule has 3 rings (SSSR count). The highest BCUT2D eigenvalue weighted by Gasteiger charge is 2.02. The molecule has 0 unspecified atom stereocenters. The molecule has 1 heterocycles. The lowest BCUT2D eigenvalue weighted by Crippen LogP contribution is -2.19. The fraction of sp³-hybridized carbons (Fsp3) is 0.188. The Morgan fingerprint density at radius 3 is 3.06 bits per heavy atom. The molecule has 1 aromatic carbocycles. The van der Waals surface area contributed by atoms with Crippen LogP contribution in [0.2, 0.25) is 0 Å². The predicted octanol–water partition coefficient (Wildman–Crippen LogP) is 2.95. The van der Waals surface area contributed by atoms with Crippen molar-refractivity contribution in [3.8, 4) is 0 Å². The molecular weight excluding hydrogens is 220 g/mol. The third kappa shape index (κ3) is 2.30. The number of para-hydroxylation sites is 1. The molecule has 2 aromatic rings. The van der Waals surface area contributed by atoms with Gasteiger partial charge in [-0.05, 0) is 36.7 Å². The Balaban J connectivity index is 1.57. The zero-order chi connectivity index (χ0) is 12.2. The maximum atomic E-state index is 3.45. The van der Waals surface area contributed by atoms with E-state index in [1.165, 1.54) is 22.0 Å². The molecule has 2 heteroatoms. The van der Waals surface area contributed by atoms with Crippen molar-refractivity contribution >= 4 is 10.9 Å². The van der Waals surface area contributed by atoms with Crippen LogP contribution in [0, 0.1) is 0 Å². The van der Waals surface area contributed by atoms with Gasteiger partial charge in [-0.25, -0.2) is 0 Å². The van der Waals surface area contributed by atoms with E-state index in [1.54, 1.807) is 0 Å². The van der Waals surface area contributed by atoms with E-state index < -0.39 is 0 Å². The molecule has 0 radical (unpaired) electrons. The zero-order valence-electron chi connectivity index (χ0n) is 10.2. The van der Waals surface area contributed by atoms with Gasteiger partial charge in [-0.2, -0.15) is 0 Å². The lowest BCUT2D eigenvalue weighted by molar-refractivity contribution is 0.737. The Labute approximate surface area is 107 Å². The number of allylic oxidation sites excluding steroid dienone is 1. The van der Waals surface area contributed by atoms with Crippen molar-refractivity contribution < 1.29 is 0 Å². The van der Waals surface area contributed by atoms with Crippen LogP contribution in [0.1, 0.15) is 5.56 Å². The van der Waals surface area contributed by atoms with Crippen LogP contribution in [0.15, 0.2) is 60.0 Å². The Bertz CT molecular complexity index is 640. The highest BCUT2D eigenvalue weighted by molar-refractivity contribution is 5.83. The number of aromatic amines is 1. The SMILES string of the molecule is C1=CC=CC=1CNCCc1c[nH]c2ccccc12. The molecule has 0 amide bonds. The summed E-state index contributed by atoms with van der Waals surface area (Å²) in [5.41, 5.74) is 7.02. The summed E-state index contributed by atoms with van der Waals surface area (Å²) in [6.45, 7) is 1.89. The second-order valence-electron chi connectivity index (χ2n) is 4.48. The second kappa shape index (κ2) is 5.09. The van der Waals surface area contributed by atoms with Crippen molar-refractivity contribution in [1.82, 2.24) is 10.3 Å². The summed E-state index contributed by atoms with van der Waals surface area (Å²) in [4.78, 5) is 3.31. The average molecular weight is 236 g/mol. The van der Waals surface area contributed by atoms with Gasteiger partial charge in [0.25, 0.3) is 0 Å². The maximum absolute atomic E-state index is 3.45. The number of aromatic nitrogens is 1. The van der Waals surface area contributed by atoms with Gasteiger partial charge in [0.2, 0.25) is 0 Å². The highest BCUT2D eigenvalue weighted by Crippen LogP contribution is 2.17. The normalized spacial score (nSPS) is 13.4. The quantitative estimate of drug-likeness (QED) is 0.606. The fourth-order valence-electron chi connectivity index (χ4n) is 2.26. The Hall–Kier alpha value is -2.02. The van der Waals surface area contributed by atoms with Gasteiger partial charge in [-0.15, -0.1) is 5.73 Å². The number of H-pyrrole nitrogens is 1. The molecule has 90 valence electrons. The van der Waals surface area contributed by atoms with Crippen molar-refractivity contribution in [1.29, 1.82) is 0 Å². The first-order chi connectivity index (χ1) is 8.93. The molecule has 1 aliphatic carbocycles. The van der Waals surface area contributed by atoms with Gasteiger partial charge in [0.15, 0.2) is 0 Å². The first-order valence-corrected chi connectivity index (χ1v) is 6.31. The molecule has 0 fully saturated rings. The summed E-state index contributed by atoms with van der Waals surface area (Å²) < 4.78 is 0. The van der Waals surface area contributed by atoms with Crippen molar-refractivity contribution in [2.75, 3.05) is 13.1 Å². The van der Waals surface area contributed by atoms with Crippen LogP contribution in [-0.4, -0.2) is 18.1 Å². The van der Waals surface area contributed by atoms with E-state index in [-0.39, 0.29) is 0 Å². The minimum atomic E-state index is 0.898. The van der Waals surface area contributed by atoms with E-state index in [4.69, 9.17) is 0 Å². The highest BCUT2D eigenvalue weighted by atomic mass is 14.8. The smallest absolute Gasteiger partial charge is 0.0456 e. The number of hydrogen-bond acceptors (Lipinski definition) is 1. The van der Waals surface area contributed by atoms with Crippen LogP contribution in [0.5, 0.6) is 0 Å². The van der Waals surface area contributed by atoms with Gasteiger partial charge in [0.05, 0.1) is 0 Å². The second-order valence-corrected chi connectivity index (χ2v) is 4.48. The topological polar surface area (TPSA) is 27.8 Å². The van der Waals surface area contributed by atoms with Crippen LogP contribution in [0.25, 0.3) is 10.9 Å². The molecular formula is C16H16N2. The standard InChI is InChI=1S/C16H16N2/c1-2-6-13(5-1)11-17-10-9-14-12-18-16-8-4-3-7-15(14)16/h1-5,7-8,12,17-18H,9-11H2. The number of rotatable bonds is 5. The van der Waals surface area contributed by atoms with E-state index in [1.807, 2.05) is 12.2 Å². The van der Waals surface area contributed by atoms with Crippen LogP contribution in [-0.2, 0) is 6.42 Å². The number of nitrogens with one attached hydrogen (secondary N) is 2. The Kier molecular flexibility index (Phi) is 3.14. The third-order valence-corrected chi connectivity index (χ3v) is 3.22. The van der Waals surface area contributed by atoms with Crippen molar-refractivity contribution in [3.05, 3.63) is 65.6 Å². The number of benzene rings is 1. The summed E-state index contributed by atoms with van der Waals surface area (Å²) in [7, 11) is 0. The van der Waals surface area contributed by atoms with E-state index in [0.29, 0.717) is 0 Å². The fourth-order valence-corrected chi connectivity index (χ4v) is 2.26. The van der Waals surface area contributed by atoms with Crippen molar-refractivity contribution in [2.24, 2.45) is 0 Å². The number of fused-ring (bicyclic) bond motifs is 1. The summed E-state index contributed by atoms with van der Waals surface area (Å²) in [6.07, 6.45) is 9.23. The summed E-state index contributed by atoms with van der Waals surface area (Å²) in [5, 5.41) is 4.78. The Morgan fingerprint density at radius 2 is 2.17 bits per heavy atom. The van der Waals surface area contributed by atoms with Gasteiger partial charge in [0.1, 0.15) is 0 Å². The van der Waals surface area contributed by atoms with Crippen molar-refractivity contribution in [3.63, 3.8) is 0 Å². The largest absolute Gasteiger partial charge is 0.361 e. The molecule has 0 aliphatic heterocycles. The maximum Gasteiger partial charge on any atom is 0.0456 e. The monoisotopic (exact) mass is 236 g/mol. The lowest BCUT2D eigenvalue weighted by atomic mass is 10.1. The lowest BCUT2D eigenvalue weighted by Gasteiger charge is -2.03. The van der Waals surface area contributed by atoms with Crippen LogP contribution >= 0.6 is 0 Å². The third-order valence-electron chi connectivity index (χ3n) is 3.22. The van der Waals surface area contributed by atoms with Crippen LogP contribution < -0.4 is 5.32 Å². The average Bonchev–Trinajstić information content (AvgIpc) is 3.04. The van der Waals surface area contributed by atoms with Crippen molar-refractivity contribution in [2.45, 2.75) is 6.42 Å². The summed E-state index contributed by atoms with van der Waals surface area (Å²) in [5.74, 6) is 0. The molecule has 0 spiro atoms. The van der Waals surface area contributed by atoms with Gasteiger partial charge < -0.3 is 10.3 Å². The van der Waals surface area contributed by atoms with Gasteiger partial charge >= 0.3 is 0 Å². The van der Waals surface area contributed by atoms with E-state index >= 15 is 0 Å². The molecule has 1 aromatic heterocycles. The number of hydrogen-bond donors (Lipinski definition) is 2. The summed E-state index contributed by atoms with van der Waals surface area (Å²) >= 11 is 0. The van der Waals surface area contributed by atoms with Gasteiger partial charge in [-0.1, -0.05) is 24.3 Å². The molecule has 2 nitrogen and oxygen atoms in total. The first-order valence-electron chi connectivity index (χ1n) is 6.31. The predicted molar refractivity (Wildman–Crippen MR) is 75.6 cm³/mol. The minimum absolute atomic E-state index is 0.898.